The molecule has 0 amide bonds. The van der Waals surface area contributed by atoms with Crippen LogP contribution in [0.25, 0.3) is 0 Å². The molecular weight excluding hydrogens is 306 g/mol. The number of allylic oxidation sites excluding steroid dienone is 1. The van der Waals surface area contributed by atoms with Crippen LogP contribution in [-0.2, 0) is 9.53 Å². The van der Waals surface area contributed by atoms with Gasteiger partial charge in [0.05, 0.1) is 24.2 Å². The molecule has 22 heavy (non-hydrogen) atoms. The van der Waals surface area contributed by atoms with Crippen LogP contribution in [0.3, 0.4) is 0 Å². The van der Waals surface area contributed by atoms with Crippen molar-refractivity contribution in [2.24, 2.45) is 0 Å². The Morgan fingerprint density at radius 1 is 1.32 bits per heavy atom. The zero-order valence-corrected chi connectivity index (χ0v) is 12.7. The van der Waals surface area contributed by atoms with Crippen molar-refractivity contribution in [1.82, 2.24) is 9.97 Å². The van der Waals surface area contributed by atoms with E-state index in [0.717, 1.165) is 4.88 Å². The van der Waals surface area contributed by atoms with Gasteiger partial charge in [0.1, 0.15) is 5.82 Å². The third-order valence-electron chi connectivity index (χ3n) is 3.51. The number of hydrogen-bond acceptors (Lipinski definition) is 6. The number of aromatic amines is 2. The van der Waals surface area contributed by atoms with E-state index < -0.39 is 23.1 Å². The molecule has 0 aliphatic carbocycles. The molecule has 2 aromatic rings. The van der Waals surface area contributed by atoms with Gasteiger partial charge in [-0.3, -0.25) is 14.8 Å². The first kappa shape index (κ1) is 14.3. The molecule has 0 radical (unpaired) electrons. The van der Waals surface area contributed by atoms with Crippen LogP contribution in [0.5, 0.6) is 0 Å². The second-order valence-electron chi connectivity index (χ2n) is 4.80. The van der Waals surface area contributed by atoms with Crippen molar-refractivity contribution >= 4 is 23.1 Å². The Morgan fingerprint density at radius 3 is 2.73 bits per heavy atom. The molecule has 0 fully saturated rings. The van der Waals surface area contributed by atoms with E-state index >= 15 is 0 Å². The van der Waals surface area contributed by atoms with Gasteiger partial charge in [0, 0.05) is 10.6 Å². The van der Waals surface area contributed by atoms with Gasteiger partial charge in [0.25, 0.3) is 5.56 Å². The van der Waals surface area contributed by atoms with Crippen LogP contribution in [0.15, 0.2) is 38.4 Å². The average molecular weight is 319 g/mol. The van der Waals surface area contributed by atoms with Gasteiger partial charge in [-0.2, -0.15) is 0 Å². The highest BCUT2D eigenvalue weighted by Crippen LogP contribution is 2.40. The number of thiophene rings is 1. The number of ether oxygens (including phenoxy) is 1. The number of carbonyl (C=O) groups is 1. The molecule has 114 valence electrons. The van der Waals surface area contributed by atoms with Gasteiger partial charge in [-0.15, -0.1) is 11.3 Å². The molecule has 1 aliphatic rings. The van der Waals surface area contributed by atoms with Crippen LogP contribution in [0, 0.1) is 0 Å². The van der Waals surface area contributed by atoms with E-state index in [1.807, 2.05) is 17.5 Å². The number of anilines is 1. The Kier molecular flexibility index (Phi) is 3.45. The third kappa shape index (κ3) is 2.17. The monoisotopic (exact) mass is 319 g/mol. The van der Waals surface area contributed by atoms with Crippen LogP contribution >= 0.6 is 11.3 Å². The topological polar surface area (TPSA) is 104 Å². The van der Waals surface area contributed by atoms with E-state index in [1.165, 1.54) is 18.4 Å². The maximum Gasteiger partial charge on any atom is 0.336 e. The predicted octanol–water partition coefficient (Wildman–Crippen LogP) is 1.13. The number of H-pyrrole nitrogens is 2. The van der Waals surface area contributed by atoms with E-state index in [2.05, 4.69) is 15.3 Å². The summed E-state index contributed by atoms with van der Waals surface area (Å²) in [5.74, 6) is -0.791. The minimum Gasteiger partial charge on any atom is -0.466 e. The van der Waals surface area contributed by atoms with Crippen LogP contribution in [0.1, 0.15) is 23.3 Å². The first-order valence-corrected chi connectivity index (χ1v) is 7.37. The zero-order valence-electron chi connectivity index (χ0n) is 11.9. The number of rotatable bonds is 2. The quantitative estimate of drug-likeness (QED) is 0.720. The molecule has 0 saturated heterocycles. The SMILES string of the molecule is COC(=O)C1=C(C)Nc2[nH]c(=O)[nH]c(=O)c2C1c1cccs1. The maximum atomic E-state index is 12.3. The van der Waals surface area contributed by atoms with Crippen LogP contribution in [0.4, 0.5) is 5.82 Å². The Labute approximate surface area is 128 Å². The minimum atomic E-state index is -0.601. The summed E-state index contributed by atoms with van der Waals surface area (Å²) in [6, 6.07) is 3.68. The van der Waals surface area contributed by atoms with E-state index in [9.17, 15) is 14.4 Å². The van der Waals surface area contributed by atoms with Gasteiger partial charge in [-0.25, -0.2) is 9.59 Å². The number of methoxy groups -OCH3 is 1. The van der Waals surface area contributed by atoms with Gasteiger partial charge in [-0.05, 0) is 18.4 Å². The average Bonchev–Trinajstić information content (AvgIpc) is 2.98. The molecule has 3 heterocycles. The number of esters is 1. The molecule has 1 atom stereocenters. The molecule has 2 aromatic heterocycles. The first-order chi connectivity index (χ1) is 10.5. The summed E-state index contributed by atoms with van der Waals surface area (Å²) in [7, 11) is 1.29. The molecule has 8 heteroatoms. The lowest BCUT2D eigenvalue weighted by atomic mass is 9.86. The maximum absolute atomic E-state index is 12.3. The van der Waals surface area contributed by atoms with Crippen molar-refractivity contribution in [1.29, 1.82) is 0 Å². The van der Waals surface area contributed by atoms with Crippen molar-refractivity contribution in [2.45, 2.75) is 12.8 Å². The number of carbonyl (C=O) groups excluding carboxylic acids is 1. The van der Waals surface area contributed by atoms with Crippen LogP contribution < -0.4 is 16.6 Å². The second kappa shape index (κ2) is 5.30. The molecule has 7 nitrogen and oxygen atoms in total. The number of fused-ring (bicyclic) bond motifs is 1. The van der Waals surface area contributed by atoms with Gasteiger partial charge in [0.15, 0.2) is 0 Å². The summed E-state index contributed by atoms with van der Waals surface area (Å²) >= 11 is 1.43. The molecule has 3 N–H and O–H groups in total. The molecule has 0 saturated carbocycles. The van der Waals surface area contributed by atoms with E-state index in [-0.39, 0.29) is 0 Å². The first-order valence-electron chi connectivity index (χ1n) is 6.49. The number of hydrogen-bond donors (Lipinski definition) is 3. The normalized spacial score (nSPS) is 16.9. The molecule has 0 spiro atoms. The van der Waals surface area contributed by atoms with Gasteiger partial charge < -0.3 is 10.1 Å². The largest absolute Gasteiger partial charge is 0.466 e. The summed E-state index contributed by atoms with van der Waals surface area (Å²) in [5.41, 5.74) is 0.0658. The van der Waals surface area contributed by atoms with E-state index in [1.54, 1.807) is 6.92 Å². The van der Waals surface area contributed by atoms with Crippen molar-refractivity contribution in [3.63, 3.8) is 0 Å². The Hall–Kier alpha value is -2.61. The Morgan fingerprint density at radius 2 is 2.09 bits per heavy atom. The summed E-state index contributed by atoms with van der Waals surface area (Å²) in [6.45, 7) is 1.70. The van der Waals surface area contributed by atoms with Crippen molar-refractivity contribution in [3.8, 4) is 0 Å². The van der Waals surface area contributed by atoms with Crippen LogP contribution in [-0.4, -0.2) is 23.0 Å². The van der Waals surface area contributed by atoms with E-state index in [4.69, 9.17) is 4.74 Å². The molecule has 1 aliphatic heterocycles. The standard InChI is InChI=1S/C14H13N3O4S/c1-6-8(13(19)21-2)9(7-4-3-5-22-7)10-11(15-6)16-14(20)17-12(10)18/h3-5,9H,1-2H3,(H3,15,16,17,18,20). The summed E-state index contributed by atoms with van der Waals surface area (Å²) in [5, 5.41) is 4.77. The fraction of sp³-hybridized carbons (Fsp3) is 0.214. The second-order valence-corrected chi connectivity index (χ2v) is 5.78. The van der Waals surface area contributed by atoms with Crippen LogP contribution in [0.2, 0.25) is 0 Å². The van der Waals surface area contributed by atoms with Gasteiger partial charge >= 0.3 is 11.7 Å². The predicted molar refractivity (Wildman–Crippen MR) is 82.2 cm³/mol. The van der Waals surface area contributed by atoms with Crippen molar-refractivity contribution in [3.05, 3.63) is 60.1 Å². The van der Waals surface area contributed by atoms with Crippen molar-refractivity contribution in [2.75, 3.05) is 12.4 Å². The minimum absolute atomic E-state index is 0.299. The highest BCUT2D eigenvalue weighted by atomic mass is 32.1. The number of aromatic nitrogens is 2. The van der Waals surface area contributed by atoms with Gasteiger partial charge in [-0.1, -0.05) is 6.07 Å². The van der Waals surface area contributed by atoms with Crippen molar-refractivity contribution < 1.29 is 9.53 Å². The third-order valence-corrected chi connectivity index (χ3v) is 4.44. The molecule has 0 aromatic carbocycles. The highest BCUT2D eigenvalue weighted by Gasteiger charge is 2.36. The lowest BCUT2D eigenvalue weighted by molar-refractivity contribution is -0.136. The molecule has 0 bridgehead atoms. The lowest BCUT2D eigenvalue weighted by Gasteiger charge is -2.27. The van der Waals surface area contributed by atoms with Gasteiger partial charge in [0.2, 0.25) is 0 Å². The molecule has 1 unspecified atom stereocenters. The Bertz CT molecular complexity index is 876. The molecule has 3 rings (SSSR count). The number of nitrogens with one attached hydrogen (secondary N) is 3. The lowest BCUT2D eigenvalue weighted by Crippen LogP contribution is -2.34. The van der Waals surface area contributed by atoms with E-state index in [0.29, 0.717) is 22.7 Å². The molecular formula is C14H13N3O4S. The summed E-state index contributed by atoms with van der Waals surface area (Å²) < 4.78 is 4.85. The summed E-state index contributed by atoms with van der Waals surface area (Å²) in [6.07, 6.45) is 0. The highest BCUT2D eigenvalue weighted by molar-refractivity contribution is 7.10. The zero-order chi connectivity index (χ0) is 15.9. The smallest absolute Gasteiger partial charge is 0.336 e. The Balaban J connectivity index is 2.32. The fourth-order valence-electron chi connectivity index (χ4n) is 2.61. The fourth-order valence-corrected chi connectivity index (χ4v) is 3.45. The summed E-state index contributed by atoms with van der Waals surface area (Å²) in [4.78, 5) is 41.5.